The van der Waals surface area contributed by atoms with E-state index in [1.165, 1.54) is 11.3 Å². The molecule has 2 aromatic carbocycles. The van der Waals surface area contributed by atoms with Crippen molar-refractivity contribution in [3.63, 3.8) is 0 Å². The van der Waals surface area contributed by atoms with E-state index < -0.39 is 0 Å². The van der Waals surface area contributed by atoms with Gasteiger partial charge < -0.3 is 14.2 Å². The van der Waals surface area contributed by atoms with Crippen molar-refractivity contribution < 1.29 is 4.42 Å². The zero-order valence-electron chi connectivity index (χ0n) is 14.9. The van der Waals surface area contributed by atoms with Crippen LogP contribution in [0.2, 0.25) is 0 Å². The summed E-state index contributed by atoms with van der Waals surface area (Å²) in [5.74, 6) is 1.64. The van der Waals surface area contributed by atoms with Crippen LogP contribution in [0.5, 0.6) is 0 Å². The zero-order chi connectivity index (χ0) is 17.9. The molecule has 1 aliphatic rings. The Kier molecular flexibility index (Phi) is 4.76. The largest absolute Gasteiger partial charge is 0.454 e. The van der Waals surface area contributed by atoms with Gasteiger partial charge in [-0.3, -0.25) is 0 Å². The van der Waals surface area contributed by atoms with Crippen LogP contribution in [-0.2, 0) is 0 Å². The Morgan fingerprint density at radius 3 is 2.38 bits per heavy atom. The fourth-order valence-corrected chi connectivity index (χ4v) is 3.65. The molecule has 1 fully saturated rings. The van der Waals surface area contributed by atoms with E-state index in [4.69, 9.17) is 16.6 Å². The highest BCUT2D eigenvalue weighted by Gasteiger charge is 2.22. The van der Waals surface area contributed by atoms with Gasteiger partial charge in [0.1, 0.15) is 10.7 Å². The molecule has 0 bridgehead atoms. The Morgan fingerprint density at radius 2 is 1.65 bits per heavy atom. The SMILES string of the molecule is Cc1cccc(N2CCN(C(=S)c3ccc(-c4ccccc4)o3)CC2)c1. The lowest BCUT2D eigenvalue weighted by molar-refractivity contribution is 0.385. The van der Waals surface area contributed by atoms with Crippen molar-refractivity contribution in [3.8, 4) is 11.3 Å². The van der Waals surface area contributed by atoms with Gasteiger partial charge in [-0.25, -0.2) is 0 Å². The van der Waals surface area contributed by atoms with Crippen molar-refractivity contribution in [2.75, 3.05) is 31.1 Å². The molecule has 132 valence electrons. The van der Waals surface area contributed by atoms with Crippen LogP contribution >= 0.6 is 12.2 Å². The molecule has 1 saturated heterocycles. The maximum Gasteiger partial charge on any atom is 0.162 e. The standard InChI is InChI=1S/C22H22N2OS/c1-17-6-5-9-19(16-17)23-12-14-24(15-13-23)22(26)21-11-10-20(25-21)18-7-3-2-4-8-18/h2-11,16H,12-15H2,1H3. The number of hydrogen-bond donors (Lipinski definition) is 0. The molecule has 3 aromatic rings. The summed E-state index contributed by atoms with van der Waals surface area (Å²) in [6.07, 6.45) is 0. The van der Waals surface area contributed by atoms with E-state index in [0.29, 0.717) is 0 Å². The molecule has 0 aliphatic carbocycles. The Bertz CT molecular complexity index is 895. The number of thiocarbonyl (C=S) groups is 1. The van der Waals surface area contributed by atoms with Gasteiger partial charge in [-0.1, -0.05) is 54.7 Å². The Balaban J connectivity index is 1.42. The van der Waals surface area contributed by atoms with Crippen LogP contribution in [0.25, 0.3) is 11.3 Å². The first-order chi connectivity index (χ1) is 12.7. The van der Waals surface area contributed by atoms with Crippen molar-refractivity contribution >= 4 is 22.9 Å². The van der Waals surface area contributed by atoms with E-state index in [2.05, 4.69) is 41.0 Å². The first-order valence-electron chi connectivity index (χ1n) is 8.97. The molecule has 0 unspecified atom stereocenters. The Labute approximate surface area is 159 Å². The van der Waals surface area contributed by atoms with E-state index in [9.17, 15) is 0 Å². The molecule has 0 N–H and O–H groups in total. The summed E-state index contributed by atoms with van der Waals surface area (Å²) in [5.41, 5.74) is 3.66. The number of piperazine rings is 1. The van der Waals surface area contributed by atoms with Crippen LogP contribution in [0.3, 0.4) is 0 Å². The first-order valence-corrected chi connectivity index (χ1v) is 9.38. The lowest BCUT2D eigenvalue weighted by Crippen LogP contribution is -2.48. The van der Waals surface area contributed by atoms with Gasteiger partial charge >= 0.3 is 0 Å². The number of nitrogens with zero attached hydrogens (tertiary/aromatic N) is 2. The maximum absolute atomic E-state index is 6.02. The molecule has 0 atom stereocenters. The summed E-state index contributed by atoms with van der Waals surface area (Å²) in [4.78, 5) is 5.47. The quantitative estimate of drug-likeness (QED) is 0.626. The molecule has 0 saturated carbocycles. The predicted octanol–water partition coefficient (Wildman–Crippen LogP) is 4.75. The molecule has 4 rings (SSSR count). The number of hydrogen-bond acceptors (Lipinski definition) is 3. The summed E-state index contributed by atoms with van der Waals surface area (Å²) in [6, 6.07) is 22.8. The molecule has 26 heavy (non-hydrogen) atoms. The number of rotatable bonds is 3. The van der Waals surface area contributed by atoms with Crippen LogP contribution in [0, 0.1) is 6.92 Å². The minimum Gasteiger partial charge on any atom is -0.454 e. The van der Waals surface area contributed by atoms with Crippen molar-refractivity contribution in [2.24, 2.45) is 0 Å². The van der Waals surface area contributed by atoms with Gasteiger partial charge in [-0.2, -0.15) is 0 Å². The lowest BCUT2D eigenvalue weighted by Gasteiger charge is -2.37. The Hall–Kier alpha value is -2.59. The van der Waals surface area contributed by atoms with Crippen molar-refractivity contribution in [1.82, 2.24) is 4.90 Å². The van der Waals surface area contributed by atoms with Gasteiger partial charge in [0.15, 0.2) is 5.76 Å². The average molecular weight is 362 g/mol. The Morgan fingerprint density at radius 1 is 0.885 bits per heavy atom. The molecule has 0 spiro atoms. The fourth-order valence-electron chi connectivity index (χ4n) is 3.36. The van der Waals surface area contributed by atoms with Crippen LogP contribution in [0.4, 0.5) is 5.69 Å². The smallest absolute Gasteiger partial charge is 0.162 e. The summed E-state index contributed by atoms with van der Waals surface area (Å²) >= 11 is 5.69. The van der Waals surface area contributed by atoms with Crippen LogP contribution < -0.4 is 4.90 Å². The molecule has 0 radical (unpaired) electrons. The summed E-state index contributed by atoms with van der Waals surface area (Å²) in [7, 11) is 0. The topological polar surface area (TPSA) is 19.6 Å². The van der Waals surface area contributed by atoms with Crippen molar-refractivity contribution in [2.45, 2.75) is 6.92 Å². The fraction of sp³-hybridized carbons (Fsp3) is 0.227. The molecule has 0 amide bonds. The van der Waals surface area contributed by atoms with Gasteiger partial charge in [0.2, 0.25) is 0 Å². The first kappa shape index (κ1) is 16.9. The number of anilines is 1. The second-order valence-corrected chi connectivity index (χ2v) is 7.03. The highest BCUT2D eigenvalue weighted by Crippen LogP contribution is 2.24. The highest BCUT2D eigenvalue weighted by molar-refractivity contribution is 7.80. The summed E-state index contributed by atoms with van der Waals surface area (Å²) < 4.78 is 6.02. The summed E-state index contributed by atoms with van der Waals surface area (Å²) in [6.45, 7) is 5.89. The van der Waals surface area contributed by atoms with E-state index >= 15 is 0 Å². The van der Waals surface area contributed by atoms with Crippen LogP contribution in [0.15, 0.2) is 71.1 Å². The van der Waals surface area contributed by atoms with Gasteiger partial charge in [-0.15, -0.1) is 0 Å². The summed E-state index contributed by atoms with van der Waals surface area (Å²) in [5, 5.41) is 0. The predicted molar refractivity (Wildman–Crippen MR) is 111 cm³/mol. The molecule has 1 aliphatic heterocycles. The zero-order valence-corrected chi connectivity index (χ0v) is 15.7. The maximum atomic E-state index is 6.02. The minimum absolute atomic E-state index is 0.780. The molecule has 1 aromatic heterocycles. The third-order valence-corrected chi connectivity index (χ3v) is 5.27. The van der Waals surface area contributed by atoms with Gasteiger partial charge in [0.05, 0.1) is 0 Å². The number of aryl methyl sites for hydroxylation is 1. The molecular formula is C22H22N2OS. The molecule has 4 heteroatoms. The highest BCUT2D eigenvalue weighted by atomic mass is 32.1. The van der Waals surface area contributed by atoms with E-state index in [1.807, 2.05) is 42.5 Å². The van der Waals surface area contributed by atoms with Gasteiger partial charge in [0, 0.05) is 37.4 Å². The molecule has 3 nitrogen and oxygen atoms in total. The van der Waals surface area contributed by atoms with Crippen LogP contribution in [-0.4, -0.2) is 36.1 Å². The average Bonchev–Trinajstić information content (AvgIpc) is 3.18. The minimum atomic E-state index is 0.780. The van der Waals surface area contributed by atoms with E-state index in [1.54, 1.807) is 0 Å². The second-order valence-electron chi connectivity index (χ2n) is 6.65. The van der Waals surface area contributed by atoms with Gasteiger partial charge in [0.25, 0.3) is 0 Å². The number of furan rings is 1. The van der Waals surface area contributed by atoms with Crippen LogP contribution in [0.1, 0.15) is 11.3 Å². The molecule has 2 heterocycles. The second kappa shape index (κ2) is 7.34. The van der Waals surface area contributed by atoms with Crippen molar-refractivity contribution in [1.29, 1.82) is 0 Å². The lowest BCUT2D eigenvalue weighted by atomic mass is 10.2. The van der Waals surface area contributed by atoms with E-state index in [-0.39, 0.29) is 0 Å². The van der Waals surface area contributed by atoms with E-state index in [0.717, 1.165) is 48.3 Å². The van der Waals surface area contributed by atoms with Crippen molar-refractivity contribution in [3.05, 3.63) is 78.1 Å². The van der Waals surface area contributed by atoms with Gasteiger partial charge in [-0.05, 0) is 36.8 Å². The third-order valence-electron chi connectivity index (χ3n) is 4.81. The normalized spacial score (nSPS) is 14.5. The number of benzene rings is 2. The monoisotopic (exact) mass is 362 g/mol. The third kappa shape index (κ3) is 3.51. The molecular weight excluding hydrogens is 340 g/mol.